The highest BCUT2D eigenvalue weighted by Crippen LogP contribution is 2.20. The fraction of sp³-hybridized carbons (Fsp3) is 0.0667. The summed E-state index contributed by atoms with van der Waals surface area (Å²) in [6, 6.07) is 12.8. The average Bonchev–Trinajstić information content (AvgIpc) is 3.05. The lowest BCUT2D eigenvalue weighted by Crippen LogP contribution is -2.12. The quantitative estimate of drug-likeness (QED) is 0.781. The lowest BCUT2D eigenvalue weighted by Gasteiger charge is -2.08. The zero-order valence-corrected chi connectivity index (χ0v) is 13.3. The summed E-state index contributed by atoms with van der Waals surface area (Å²) in [6.45, 7) is 1.97. The molecule has 3 rings (SSSR count). The van der Waals surface area contributed by atoms with Gasteiger partial charge >= 0.3 is 0 Å². The number of halogens is 1. The Hall–Kier alpha value is -2.54. The number of nitrogens with one attached hydrogen (secondary N) is 1. The van der Waals surface area contributed by atoms with Crippen molar-refractivity contribution in [2.24, 2.45) is 0 Å². The summed E-state index contributed by atoms with van der Waals surface area (Å²) in [5.41, 5.74) is 3.07. The minimum atomic E-state index is -0.184. The van der Waals surface area contributed by atoms with Crippen molar-refractivity contribution in [2.75, 3.05) is 5.32 Å². The number of amides is 1. The highest BCUT2D eigenvalue weighted by molar-refractivity contribution is 9.10. The number of anilines is 1. The van der Waals surface area contributed by atoms with Crippen molar-refractivity contribution in [1.29, 1.82) is 0 Å². The third-order valence-electron chi connectivity index (χ3n) is 3.14. The lowest BCUT2D eigenvalue weighted by molar-refractivity contribution is 0.102. The maximum absolute atomic E-state index is 12.3. The number of rotatable bonds is 3. The summed E-state index contributed by atoms with van der Waals surface area (Å²) in [5.74, 6) is -0.184. The molecule has 0 saturated heterocycles. The van der Waals surface area contributed by atoms with Gasteiger partial charge in [0.05, 0.1) is 5.69 Å². The summed E-state index contributed by atoms with van der Waals surface area (Å²) in [7, 11) is 0. The smallest absolute Gasteiger partial charge is 0.255 e. The van der Waals surface area contributed by atoms with E-state index in [1.807, 2.05) is 31.2 Å². The molecule has 1 aromatic heterocycles. The minimum Gasteiger partial charge on any atom is -0.322 e. The fourth-order valence-electron chi connectivity index (χ4n) is 1.99. The normalized spacial score (nSPS) is 10.5. The van der Waals surface area contributed by atoms with Crippen LogP contribution >= 0.6 is 15.9 Å². The molecular formula is C15H12BrN5O. The van der Waals surface area contributed by atoms with E-state index < -0.39 is 0 Å². The van der Waals surface area contributed by atoms with Gasteiger partial charge in [0.1, 0.15) is 6.33 Å². The van der Waals surface area contributed by atoms with Gasteiger partial charge in [-0.2, -0.15) is 0 Å². The zero-order chi connectivity index (χ0) is 15.5. The molecule has 0 radical (unpaired) electrons. The molecule has 3 aromatic rings. The van der Waals surface area contributed by atoms with Crippen LogP contribution in [0.1, 0.15) is 15.9 Å². The van der Waals surface area contributed by atoms with Gasteiger partial charge in [-0.25, -0.2) is 4.68 Å². The summed E-state index contributed by atoms with van der Waals surface area (Å²) >= 11 is 3.44. The summed E-state index contributed by atoms with van der Waals surface area (Å²) in [4.78, 5) is 12.3. The van der Waals surface area contributed by atoms with E-state index in [1.165, 1.54) is 11.0 Å². The van der Waals surface area contributed by atoms with Crippen molar-refractivity contribution in [3.8, 4) is 5.69 Å². The molecule has 0 bridgehead atoms. The Morgan fingerprint density at radius 1 is 1.23 bits per heavy atom. The Labute approximate surface area is 135 Å². The number of tetrazole rings is 1. The van der Waals surface area contributed by atoms with Crippen LogP contribution in [0.3, 0.4) is 0 Å². The van der Waals surface area contributed by atoms with Crippen molar-refractivity contribution in [3.63, 3.8) is 0 Å². The van der Waals surface area contributed by atoms with Crippen LogP contribution in [0.15, 0.2) is 53.3 Å². The van der Waals surface area contributed by atoms with Crippen molar-refractivity contribution < 1.29 is 4.79 Å². The lowest BCUT2D eigenvalue weighted by atomic mass is 10.1. The molecule has 1 amide bonds. The number of hydrogen-bond donors (Lipinski definition) is 1. The van der Waals surface area contributed by atoms with Crippen LogP contribution in [-0.4, -0.2) is 26.1 Å². The molecule has 2 aromatic carbocycles. The number of carbonyl (C=O) groups is 1. The molecule has 0 aliphatic carbocycles. The van der Waals surface area contributed by atoms with Gasteiger partial charge in [-0.1, -0.05) is 22.0 Å². The zero-order valence-electron chi connectivity index (χ0n) is 11.7. The first kappa shape index (κ1) is 14.4. The average molecular weight is 358 g/mol. The molecule has 0 aliphatic rings. The molecule has 1 N–H and O–H groups in total. The summed E-state index contributed by atoms with van der Waals surface area (Å²) in [5, 5.41) is 13.9. The molecule has 22 heavy (non-hydrogen) atoms. The van der Waals surface area contributed by atoms with Crippen molar-refractivity contribution >= 4 is 27.5 Å². The van der Waals surface area contributed by atoms with E-state index in [2.05, 4.69) is 36.8 Å². The SMILES string of the molecule is Cc1cc(NC(=O)c2cccc(-n3cnnn3)c2)ccc1Br. The molecule has 1 heterocycles. The fourth-order valence-corrected chi connectivity index (χ4v) is 2.24. The first-order valence-electron chi connectivity index (χ1n) is 6.54. The molecule has 7 heteroatoms. The molecule has 0 unspecified atom stereocenters. The Morgan fingerprint density at radius 3 is 2.82 bits per heavy atom. The molecule has 0 saturated carbocycles. The monoisotopic (exact) mass is 357 g/mol. The van der Waals surface area contributed by atoms with Crippen LogP contribution in [0.4, 0.5) is 5.69 Å². The molecule has 6 nitrogen and oxygen atoms in total. The standard InChI is InChI=1S/C15H12BrN5O/c1-10-7-12(5-6-14(10)16)18-15(22)11-3-2-4-13(8-11)21-9-17-19-20-21/h2-9H,1H3,(H,18,22). The van der Waals surface area contributed by atoms with E-state index in [-0.39, 0.29) is 5.91 Å². The second-order valence-corrected chi connectivity index (χ2v) is 5.58. The van der Waals surface area contributed by atoms with Crippen molar-refractivity contribution in [1.82, 2.24) is 20.2 Å². The van der Waals surface area contributed by atoms with Crippen molar-refractivity contribution in [3.05, 3.63) is 64.4 Å². The van der Waals surface area contributed by atoms with Gasteiger partial charge in [0.25, 0.3) is 5.91 Å². The Bertz CT molecular complexity index is 817. The Morgan fingerprint density at radius 2 is 2.09 bits per heavy atom. The van der Waals surface area contributed by atoms with Gasteiger partial charge in [-0.15, -0.1) is 5.10 Å². The third-order valence-corrected chi connectivity index (χ3v) is 4.03. The van der Waals surface area contributed by atoms with Crippen molar-refractivity contribution in [2.45, 2.75) is 6.92 Å². The third kappa shape index (κ3) is 3.04. The Balaban J connectivity index is 1.83. The second-order valence-electron chi connectivity index (χ2n) is 4.72. The molecule has 110 valence electrons. The van der Waals surface area contributed by atoms with E-state index in [4.69, 9.17) is 0 Å². The minimum absolute atomic E-state index is 0.184. The van der Waals surface area contributed by atoms with Gasteiger partial charge in [0.15, 0.2) is 0 Å². The molecule has 0 atom stereocenters. The van der Waals surface area contributed by atoms with Gasteiger partial charge in [0, 0.05) is 15.7 Å². The van der Waals surface area contributed by atoms with Crippen LogP contribution in [0.25, 0.3) is 5.69 Å². The van der Waals surface area contributed by atoms with E-state index in [0.29, 0.717) is 5.56 Å². The van der Waals surface area contributed by atoms with Gasteiger partial charge in [-0.05, 0) is 59.3 Å². The predicted molar refractivity (Wildman–Crippen MR) is 86.0 cm³/mol. The number of aryl methyl sites for hydroxylation is 1. The van der Waals surface area contributed by atoms with Gasteiger partial charge in [-0.3, -0.25) is 4.79 Å². The largest absolute Gasteiger partial charge is 0.322 e. The highest BCUT2D eigenvalue weighted by Gasteiger charge is 2.08. The number of hydrogen-bond acceptors (Lipinski definition) is 4. The topological polar surface area (TPSA) is 72.7 Å². The number of benzene rings is 2. The first-order chi connectivity index (χ1) is 10.6. The van der Waals surface area contributed by atoms with E-state index in [9.17, 15) is 4.79 Å². The van der Waals surface area contributed by atoms with E-state index in [1.54, 1.807) is 18.2 Å². The number of nitrogens with zero attached hydrogens (tertiary/aromatic N) is 4. The maximum Gasteiger partial charge on any atom is 0.255 e. The van der Waals surface area contributed by atoms with Gasteiger partial charge < -0.3 is 5.32 Å². The number of aromatic nitrogens is 4. The van der Waals surface area contributed by atoms with Crippen LogP contribution in [-0.2, 0) is 0 Å². The molecular weight excluding hydrogens is 346 g/mol. The van der Waals surface area contributed by atoms with E-state index in [0.717, 1.165) is 21.4 Å². The highest BCUT2D eigenvalue weighted by atomic mass is 79.9. The second kappa shape index (κ2) is 6.07. The molecule has 0 aliphatic heterocycles. The van der Waals surface area contributed by atoms with E-state index >= 15 is 0 Å². The number of carbonyl (C=O) groups excluding carboxylic acids is 1. The first-order valence-corrected chi connectivity index (χ1v) is 7.34. The summed E-state index contributed by atoms with van der Waals surface area (Å²) in [6.07, 6.45) is 1.48. The van der Waals surface area contributed by atoms with Crippen LogP contribution < -0.4 is 5.32 Å². The molecule has 0 fully saturated rings. The predicted octanol–water partition coefficient (Wildman–Crippen LogP) is 2.99. The van der Waals surface area contributed by atoms with Crippen LogP contribution in [0.2, 0.25) is 0 Å². The van der Waals surface area contributed by atoms with Crippen LogP contribution in [0, 0.1) is 6.92 Å². The Kier molecular flexibility index (Phi) is 3.97. The molecule has 0 spiro atoms. The maximum atomic E-state index is 12.3. The summed E-state index contributed by atoms with van der Waals surface area (Å²) < 4.78 is 2.51. The van der Waals surface area contributed by atoms with Crippen LogP contribution in [0.5, 0.6) is 0 Å². The van der Waals surface area contributed by atoms with Gasteiger partial charge in [0.2, 0.25) is 0 Å².